The molecule has 18 heavy (non-hydrogen) atoms. The van der Waals surface area contributed by atoms with E-state index < -0.39 is 5.97 Å². The van der Waals surface area contributed by atoms with Crippen molar-refractivity contribution < 1.29 is 24.0 Å². The van der Waals surface area contributed by atoms with Gasteiger partial charge in [0.15, 0.2) is 0 Å². The lowest BCUT2D eigenvalue weighted by molar-refractivity contribution is -0.117. The van der Waals surface area contributed by atoms with Crippen molar-refractivity contribution in [3.63, 3.8) is 0 Å². The summed E-state index contributed by atoms with van der Waals surface area (Å²) in [6.07, 6.45) is 1.46. The van der Waals surface area contributed by atoms with Gasteiger partial charge in [-0.25, -0.2) is 4.79 Å². The summed E-state index contributed by atoms with van der Waals surface area (Å²) in [5.41, 5.74) is 0.129. The van der Waals surface area contributed by atoms with Crippen LogP contribution >= 0.6 is 0 Å². The third-order valence-electron chi connectivity index (χ3n) is 2.76. The molecule has 1 saturated heterocycles. The normalized spacial score (nSPS) is 19.3. The Morgan fingerprint density at radius 2 is 2.50 bits per heavy atom. The van der Waals surface area contributed by atoms with Crippen LogP contribution in [0.2, 0.25) is 0 Å². The molecule has 0 bridgehead atoms. The van der Waals surface area contributed by atoms with Crippen molar-refractivity contribution in [2.45, 2.75) is 13.3 Å². The number of aromatic nitrogens is 1. The van der Waals surface area contributed by atoms with Gasteiger partial charge >= 0.3 is 5.97 Å². The number of rotatable bonds is 4. The van der Waals surface area contributed by atoms with Gasteiger partial charge in [0.1, 0.15) is 5.56 Å². The lowest BCUT2D eigenvalue weighted by atomic mass is 10.1. The maximum absolute atomic E-state index is 11.7. The Morgan fingerprint density at radius 1 is 1.72 bits per heavy atom. The molecule has 1 aliphatic rings. The molecule has 1 fully saturated rings. The number of hydrogen-bond donors (Lipinski definition) is 1. The first-order valence-electron chi connectivity index (χ1n) is 5.70. The maximum atomic E-state index is 11.7. The van der Waals surface area contributed by atoms with E-state index in [-0.39, 0.29) is 42.9 Å². The van der Waals surface area contributed by atoms with Crippen LogP contribution in [-0.4, -0.2) is 41.9 Å². The third-order valence-corrected chi connectivity index (χ3v) is 2.76. The molecule has 0 saturated carbocycles. The Bertz CT molecular complexity index is 456. The lowest BCUT2D eigenvalue weighted by Gasteiger charge is -2.13. The van der Waals surface area contributed by atoms with E-state index in [4.69, 9.17) is 14.4 Å². The quantitative estimate of drug-likeness (QED) is 0.771. The molecule has 7 nitrogen and oxygen atoms in total. The first-order chi connectivity index (χ1) is 8.67. The molecule has 0 aliphatic carbocycles. The third kappa shape index (κ3) is 2.21. The van der Waals surface area contributed by atoms with E-state index in [1.807, 2.05) is 0 Å². The Morgan fingerprint density at radius 3 is 3.11 bits per heavy atom. The Labute approximate surface area is 103 Å². The Kier molecular flexibility index (Phi) is 3.61. The van der Waals surface area contributed by atoms with Crippen molar-refractivity contribution in [3.05, 3.63) is 11.8 Å². The number of aliphatic hydroxyl groups excluding tert-OH is 1. The van der Waals surface area contributed by atoms with Gasteiger partial charge in [0.25, 0.3) is 0 Å². The summed E-state index contributed by atoms with van der Waals surface area (Å²) in [6.45, 7) is 2.16. The molecule has 98 valence electrons. The van der Waals surface area contributed by atoms with Crippen LogP contribution in [0, 0.1) is 5.92 Å². The molecule has 1 atom stereocenters. The summed E-state index contributed by atoms with van der Waals surface area (Å²) in [5.74, 6) is -0.822. The first-order valence-corrected chi connectivity index (χ1v) is 5.70. The Balaban J connectivity index is 2.21. The van der Waals surface area contributed by atoms with E-state index in [0.29, 0.717) is 6.54 Å². The number of amides is 1. The van der Waals surface area contributed by atoms with Crippen LogP contribution in [0.5, 0.6) is 0 Å². The standard InChI is InChI=1S/C11H14N2O5/c1-2-17-11(16)8-4-12-18-10(8)13-5-7(6-14)3-9(13)15/h4,7,14H,2-3,5-6H2,1H3. The van der Waals surface area contributed by atoms with Crippen LogP contribution in [0.4, 0.5) is 5.88 Å². The Hall–Kier alpha value is -1.89. The van der Waals surface area contributed by atoms with Crippen LogP contribution in [0.1, 0.15) is 23.7 Å². The van der Waals surface area contributed by atoms with Gasteiger partial charge in [-0.3, -0.25) is 9.69 Å². The summed E-state index contributed by atoms with van der Waals surface area (Å²) < 4.78 is 9.80. The van der Waals surface area contributed by atoms with Gasteiger partial charge in [-0.1, -0.05) is 5.16 Å². The number of esters is 1. The molecule has 1 amide bonds. The van der Waals surface area contributed by atoms with E-state index in [2.05, 4.69) is 5.16 Å². The number of carbonyl (C=O) groups excluding carboxylic acids is 2. The highest BCUT2D eigenvalue weighted by Crippen LogP contribution is 2.28. The zero-order valence-electron chi connectivity index (χ0n) is 9.96. The molecular weight excluding hydrogens is 240 g/mol. The summed E-state index contributed by atoms with van der Waals surface area (Å²) in [5, 5.41) is 12.6. The van der Waals surface area contributed by atoms with Crippen LogP contribution in [0.3, 0.4) is 0 Å². The smallest absolute Gasteiger partial charge is 0.345 e. The highest BCUT2D eigenvalue weighted by atomic mass is 16.5. The largest absolute Gasteiger partial charge is 0.462 e. The van der Waals surface area contributed by atoms with Gasteiger partial charge in [-0.05, 0) is 6.92 Å². The average Bonchev–Trinajstić information content (AvgIpc) is 2.94. The van der Waals surface area contributed by atoms with Gasteiger partial charge < -0.3 is 14.4 Å². The molecule has 1 aliphatic heterocycles. The highest BCUT2D eigenvalue weighted by Gasteiger charge is 2.35. The van der Waals surface area contributed by atoms with Crippen molar-refractivity contribution in [2.75, 3.05) is 24.7 Å². The van der Waals surface area contributed by atoms with Gasteiger partial charge in [-0.2, -0.15) is 0 Å². The van der Waals surface area contributed by atoms with Crippen LogP contribution < -0.4 is 4.90 Å². The fourth-order valence-corrected chi connectivity index (χ4v) is 1.88. The second kappa shape index (κ2) is 5.18. The zero-order chi connectivity index (χ0) is 13.1. The predicted octanol–water partition coefficient (Wildman–Crippen LogP) is 0.196. The fourth-order valence-electron chi connectivity index (χ4n) is 1.88. The average molecular weight is 254 g/mol. The molecule has 1 unspecified atom stereocenters. The van der Waals surface area contributed by atoms with Gasteiger partial charge in [0.05, 0.1) is 12.8 Å². The topological polar surface area (TPSA) is 92.9 Å². The molecule has 7 heteroatoms. The second-order valence-corrected chi connectivity index (χ2v) is 4.02. The van der Waals surface area contributed by atoms with Crippen molar-refractivity contribution >= 4 is 17.8 Å². The summed E-state index contributed by atoms with van der Waals surface area (Å²) in [7, 11) is 0. The zero-order valence-corrected chi connectivity index (χ0v) is 9.96. The second-order valence-electron chi connectivity index (χ2n) is 4.02. The van der Waals surface area contributed by atoms with E-state index in [0.717, 1.165) is 0 Å². The first kappa shape index (κ1) is 12.6. The number of hydrogen-bond acceptors (Lipinski definition) is 6. The van der Waals surface area contributed by atoms with E-state index in [1.54, 1.807) is 6.92 Å². The minimum Gasteiger partial charge on any atom is -0.462 e. The molecule has 1 aromatic rings. The molecular formula is C11H14N2O5. The number of ether oxygens (including phenoxy) is 1. The van der Waals surface area contributed by atoms with Crippen LogP contribution in [0.25, 0.3) is 0 Å². The SMILES string of the molecule is CCOC(=O)c1cnoc1N1CC(CO)CC1=O. The van der Waals surface area contributed by atoms with E-state index in [1.165, 1.54) is 11.1 Å². The van der Waals surface area contributed by atoms with Crippen LogP contribution in [0.15, 0.2) is 10.7 Å². The van der Waals surface area contributed by atoms with E-state index >= 15 is 0 Å². The number of nitrogens with zero attached hydrogens (tertiary/aromatic N) is 2. The summed E-state index contributed by atoms with van der Waals surface area (Å²) >= 11 is 0. The molecule has 0 aromatic carbocycles. The van der Waals surface area contributed by atoms with Crippen molar-refractivity contribution in [3.8, 4) is 0 Å². The summed E-state index contributed by atoms with van der Waals surface area (Å²) in [4.78, 5) is 24.7. The van der Waals surface area contributed by atoms with E-state index in [9.17, 15) is 9.59 Å². The molecule has 2 rings (SSSR count). The van der Waals surface area contributed by atoms with Crippen molar-refractivity contribution in [1.82, 2.24) is 5.16 Å². The van der Waals surface area contributed by atoms with Crippen molar-refractivity contribution in [1.29, 1.82) is 0 Å². The lowest BCUT2D eigenvalue weighted by Crippen LogP contribution is -2.26. The number of anilines is 1. The minimum absolute atomic E-state index is 0.0783. The molecule has 1 N–H and O–H groups in total. The number of carbonyl (C=O) groups is 2. The molecule has 2 heterocycles. The molecule has 0 radical (unpaired) electrons. The highest BCUT2D eigenvalue weighted by molar-refractivity contribution is 6.01. The van der Waals surface area contributed by atoms with Gasteiger partial charge in [0.2, 0.25) is 11.8 Å². The minimum atomic E-state index is -0.575. The van der Waals surface area contributed by atoms with Gasteiger partial charge in [0, 0.05) is 25.5 Å². The fraction of sp³-hybridized carbons (Fsp3) is 0.545. The van der Waals surface area contributed by atoms with Crippen LogP contribution in [-0.2, 0) is 9.53 Å². The monoisotopic (exact) mass is 254 g/mol. The predicted molar refractivity (Wildman–Crippen MR) is 60.0 cm³/mol. The number of aliphatic hydroxyl groups is 1. The molecule has 1 aromatic heterocycles. The maximum Gasteiger partial charge on any atom is 0.345 e. The summed E-state index contributed by atoms with van der Waals surface area (Å²) in [6, 6.07) is 0. The van der Waals surface area contributed by atoms with Crippen molar-refractivity contribution in [2.24, 2.45) is 5.92 Å². The van der Waals surface area contributed by atoms with Gasteiger partial charge in [-0.15, -0.1) is 0 Å². The molecule has 0 spiro atoms.